The summed E-state index contributed by atoms with van der Waals surface area (Å²) >= 11 is 7.92. The lowest BCUT2D eigenvalue weighted by Crippen LogP contribution is -2.06. The van der Waals surface area contributed by atoms with Crippen molar-refractivity contribution in [2.45, 2.75) is 13.0 Å². The van der Waals surface area contributed by atoms with Gasteiger partial charge in [-0.2, -0.15) is 0 Å². The highest BCUT2D eigenvalue weighted by Gasteiger charge is 2.13. The molecule has 5 heteroatoms. The molecule has 3 aromatic rings. The zero-order valence-corrected chi connectivity index (χ0v) is 13.3. The van der Waals surface area contributed by atoms with E-state index < -0.39 is 0 Å². The minimum atomic E-state index is 0.0759. The van der Waals surface area contributed by atoms with E-state index in [1.165, 1.54) is 4.70 Å². The van der Waals surface area contributed by atoms with Crippen LogP contribution in [0.3, 0.4) is 0 Å². The van der Waals surface area contributed by atoms with Gasteiger partial charge in [-0.3, -0.25) is 0 Å². The molecule has 0 spiro atoms. The SMILES string of the molecule is COc1ccc(Cl)c(NC(C)c2nc3ccccc3s2)c1. The van der Waals surface area contributed by atoms with Gasteiger partial charge in [-0.25, -0.2) is 4.98 Å². The third kappa shape index (κ3) is 2.96. The van der Waals surface area contributed by atoms with Crippen LogP contribution >= 0.6 is 22.9 Å². The Labute approximate surface area is 132 Å². The summed E-state index contributed by atoms with van der Waals surface area (Å²) in [5.41, 5.74) is 1.88. The molecule has 0 radical (unpaired) electrons. The number of nitrogens with one attached hydrogen (secondary N) is 1. The highest BCUT2D eigenvalue weighted by Crippen LogP contribution is 2.32. The summed E-state index contributed by atoms with van der Waals surface area (Å²) in [6.07, 6.45) is 0. The van der Waals surface area contributed by atoms with Crippen LogP contribution in [-0.2, 0) is 0 Å². The Bertz CT molecular complexity index is 739. The summed E-state index contributed by atoms with van der Waals surface area (Å²) in [7, 11) is 1.64. The first-order valence-electron chi connectivity index (χ1n) is 6.63. The Balaban J connectivity index is 1.87. The number of benzene rings is 2. The standard InChI is InChI=1S/C16H15ClN2OS/c1-10(16-19-13-5-3-4-6-15(13)21-16)18-14-9-11(20-2)7-8-12(14)17/h3-10,18H,1-2H3. The van der Waals surface area contributed by atoms with Gasteiger partial charge in [0.05, 0.1) is 34.1 Å². The lowest BCUT2D eigenvalue weighted by Gasteiger charge is -2.15. The highest BCUT2D eigenvalue weighted by atomic mass is 35.5. The molecule has 1 unspecified atom stereocenters. The molecule has 0 bridgehead atoms. The molecule has 0 aliphatic rings. The number of nitrogens with zero attached hydrogens (tertiary/aromatic N) is 1. The lowest BCUT2D eigenvalue weighted by molar-refractivity contribution is 0.415. The number of hydrogen-bond donors (Lipinski definition) is 1. The van der Waals surface area contributed by atoms with Gasteiger partial charge < -0.3 is 10.1 Å². The monoisotopic (exact) mass is 318 g/mol. The summed E-state index contributed by atoms with van der Waals surface area (Å²) in [5.74, 6) is 0.776. The van der Waals surface area contributed by atoms with Crippen molar-refractivity contribution >= 4 is 38.8 Å². The number of halogens is 1. The van der Waals surface area contributed by atoms with Gasteiger partial charge in [0.1, 0.15) is 10.8 Å². The Morgan fingerprint density at radius 3 is 2.81 bits per heavy atom. The van der Waals surface area contributed by atoms with Crippen molar-refractivity contribution in [2.75, 3.05) is 12.4 Å². The summed E-state index contributed by atoms with van der Waals surface area (Å²) in [6, 6.07) is 13.8. The quantitative estimate of drug-likeness (QED) is 0.724. The number of hydrogen-bond acceptors (Lipinski definition) is 4. The van der Waals surface area contributed by atoms with Crippen molar-refractivity contribution in [1.29, 1.82) is 0 Å². The predicted octanol–water partition coefficient (Wildman–Crippen LogP) is 5.13. The first-order valence-corrected chi connectivity index (χ1v) is 7.82. The van der Waals surface area contributed by atoms with Crippen LogP contribution in [0.2, 0.25) is 5.02 Å². The second-order valence-corrected chi connectivity index (χ2v) is 6.20. The number of thiazole rings is 1. The number of para-hydroxylation sites is 1. The van der Waals surface area contributed by atoms with Gasteiger partial charge in [0.25, 0.3) is 0 Å². The molecule has 3 nitrogen and oxygen atoms in total. The van der Waals surface area contributed by atoms with Gasteiger partial charge in [-0.05, 0) is 31.2 Å². The second-order valence-electron chi connectivity index (χ2n) is 4.73. The fourth-order valence-corrected chi connectivity index (χ4v) is 3.25. The molecule has 1 aromatic heterocycles. The topological polar surface area (TPSA) is 34.1 Å². The van der Waals surface area contributed by atoms with Crippen LogP contribution in [0.15, 0.2) is 42.5 Å². The third-order valence-electron chi connectivity index (χ3n) is 3.23. The van der Waals surface area contributed by atoms with Crippen molar-refractivity contribution < 1.29 is 4.74 Å². The number of rotatable bonds is 4. The molecule has 0 saturated carbocycles. The summed E-state index contributed by atoms with van der Waals surface area (Å²) in [5, 5.41) is 5.11. The highest BCUT2D eigenvalue weighted by molar-refractivity contribution is 7.18. The Kier molecular flexibility index (Phi) is 3.99. The largest absolute Gasteiger partial charge is 0.497 e. The van der Waals surface area contributed by atoms with Crippen molar-refractivity contribution in [3.63, 3.8) is 0 Å². The van der Waals surface area contributed by atoms with Crippen LogP contribution < -0.4 is 10.1 Å². The fraction of sp³-hybridized carbons (Fsp3) is 0.188. The first-order chi connectivity index (χ1) is 10.2. The molecule has 0 saturated heterocycles. The van der Waals surface area contributed by atoms with Gasteiger partial charge in [0, 0.05) is 6.07 Å². The van der Waals surface area contributed by atoms with Crippen LogP contribution in [-0.4, -0.2) is 12.1 Å². The maximum absolute atomic E-state index is 6.23. The summed E-state index contributed by atoms with van der Waals surface area (Å²) in [4.78, 5) is 4.66. The van der Waals surface area contributed by atoms with Gasteiger partial charge in [-0.1, -0.05) is 23.7 Å². The van der Waals surface area contributed by atoms with E-state index in [1.807, 2.05) is 36.4 Å². The van der Waals surface area contributed by atoms with E-state index in [4.69, 9.17) is 16.3 Å². The zero-order chi connectivity index (χ0) is 14.8. The number of aromatic nitrogens is 1. The van der Waals surface area contributed by atoms with Gasteiger partial charge in [-0.15, -0.1) is 11.3 Å². The molecule has 1 N–H and O–H groups in total. The van der Waals surface area contributed by atoms with Crippen LogP contribution in [0.5, 0.6) is 5.75 Å². The van der Waals surface area contributed by atoms with Crippen molar-refractivity contribution in [3.05, 3.63) is 52.5 Å². The van der Waals surface area contributed by atoms with E-state index in [0.717, 1.165) is 22.0 Å². The molecule has 1 atom stereocenters. The van der Waals surface area contributed by atoms with E-state index in [2.05, 4.69) is 23.3 Å². The van der Waals surface area contributed by atoms with Crippen LogP contribution in [0, 0.1) is 0 Å². The first kappa shape index (κ1) is 14.2. The van der Waals surface area contributed by atoms with Gasteiger partial charge in [0.2, 0.25) is 0 Å². The van der Waals surface area contributed by atoms with E-state index in [0.29, 0.717) is 5.02 Å². The average molecular weight is 319 g/mol. The van der Waals surface area contributed by atoms with E-state index in [-0.39, 0.29) is 6.04 Å². The number of ether oxygens (including phenoxy) is 1. The van der Waals surface area contributed by atoms with Crippen molar-refractivity contribution in [3.8, 4) is 5.75 Å². The molecular weight excluding hydrogens is 304 g/mol. The maximum atomic E-state index is 6.23. The van der Waals surface area contributed by atoms with E-state index in [9.17, 15) is 0 Å². The number of fused-ring (bicyclic) bond motifs is 1. The van der Waals surface area contributed by atoms with E-state index in [1.54, 1.807) is 18.4 Å². The molecule has 0 amide bonds. The van der Waals surface area contributed by atoms with Crippen LogP contribution in [0.1, 0.15) is 18.0 Å². The van der Waals surface area contributed by atoms with Crippen LogP contribution in [0.25, 0.3) is 10.2 Å². The average Bonchev–Trinajstić information content (AvgIpc) is 2.93. The fourth-order valence-electron chi connectivity index (χ4n) is 2.11. The molecule has 3 rings (SSSR count). The van der Waals surface area contributed by atoms with E-state index >= 15 is 0 Å². The smallest absolute Gasteiger partial charge is 0.121 e. The minimum Gasteiger partial charge on any atom is -0.497 e. The molecular formula is C16H15ClN2OS. The normalized spacial score (nSPS) is 12.3. The molecule has 0 fully saturated rings. The predicted molar refractivity (Wildman–Crippen MR) is 89.7 cm³/mol. The maximum Gasteiger partial charge on any atom is 0.121 e. The molecule has 2 aromatic carbocycles. The van der Waals surface area contributed by atoms with Gasteiger partial charge >= 0.3 is 0 Å². The Hall–Kier alpha value is -1.78. The molecule has 1 heterocycles. The molecule has 108 valence electrons. The number of methoxy groups -OCH3 is 1. The Morgan fingerprint density at radius 2 is 2.05 bits per heavy atom. The third-order valence-corrected chi connectivity index (χ3v) is 4.78. The van der Waals surface area contributed by atoms with Crippen molar-refractivity contribution in [1.82, 2.24) is 4.98 Å². The molecule has 21 heavy (non-hydrogen) atoms. The molecule has 0 aliphatic carbocycles. The lowest BCUT2D eigenvalue weighted by atomic mass is 10.2. The summed E-state index contributed by atoms with van der Waals surface area (Å²) in [6.45, 7) is 2.08. The minimum absolute atomic E-state index is 0.0759. The molecule has 0 aliphatic heterocycles. The number of anilines is 1. The Morgan fingerprint density at radius 1 is 1.24 bits per heavy atom. The van der Waals surface area contributed by atoms with Crippen LogP contribution in [0.4, 0.5) is 5.69 Å². The zero-order valence-electron chi connectivity index (χ0n) is 11.8. The van der Waals surface area contributed by atoms with Gasteiger partial charge in [0.15, 0.2) is 0 Å². The summed E-state index contributed by atoms with van der Waals surface area (Å²) < 4.78 is 6.43. The second kappa shape index (κ2) is 5.92. The van der Waals surface area contributed by atoms with Crippen molar-refractivity contribution in [2.24, 2.45) is 0 Å².